The fourth-order valence-corrected chi connectivity index (χ4v) is 2.36. The first-order valence-corrected chi connectivity index (χ1v) is 8.42. The van der Waals surface area contributed by atoms with E-state index in [0.29, 0.717) is 25.7 Å². The monoisotopic (exact) mass is 375 g/mol. The minimum absolute atomic E-state index is 0.126. The second-order valence-electron chi connectivity index (χ2n) is 5.51. The number of halogens is 2. The quantitative estimate of drug-likeness (QED) is 0.399. The summed E-state index contributed by atoms with van der Waals surface area (Å²) in [6, 6.07) is 14.2. The maximum Gasteiger partial charge on any atom is 0.387 e. The topological polar surface area (TPSA) is 54.9 Å². The van der Waals surface area contributed by atoms with Gasteiger partial charge in [-0.2, -0.15) is 8.78 Å². The van der Waals surface area contributed by atoms with E-state index in [2.05, 4.69) is 26.9 Å². The lowest BCUT2D eigenvalue weighted by Crippen LogP contribution is -2.36. The number of nitrogens with one attached hydrogen (secondary N) is 2. The number of alkyl halides is 2. The predicted octanol–water partition coefficient (Wildman–Crippen LogP) is 3.72. The van der Waals surface area contributed by atoms with E-state index < -0.39 is 6.61 Å². The van der Waals surface area contributed by atoms with Gasteiger partial charge in [0.2, 0.25) is 0 Å². The van der Waals surface area contributed by atoms with E-state index in [0.717, 1.165) is 16.9 Å². The molecule has 144 valence electrons. The van der Waals surface area contributed by atoms with Crippen LogP contribution in [0.15, 0.2) is 66.2 Å². The summed E-state index contributed by atoms with van der Waals surface area (Å²) in [6.45, 7) is 2.16. The lowest BCUT2D eigenvalue weighted by Gasteiger charge is -2.15. The van der Waals surface area contributed by atoms with Crippen LogP contribution in [0.1, 0.15) is 11.1 Å². The van der Waals surface area contributed by atoms with Crippen molar-refractivity contribution in [1.29, 1.82) is 0 Å². The number of guanidine groups is 1. The van der Waals surface area contributed by atoms with E-state index in [4.69, 9.17) is 4.74 Å². The number of hydrogen-bond donors (Lipinski definition) is 2. The average molecular weight is 375 g/mol. The maximum absolute atomic E-state index is 12.3. The zero-order chi connectivity index (χ0) is 19.5. The minimum atomic E-state index is -2.84. The van der Waals surface area contributed by atoms with Gasteiger partial charge in [-0.1, -0.05) is 43.0 Å². The van der Waals surface area contributed by atoms with Crippen LogP contribution in [0.3, 0.4) is 0 Å². The third kappa shape index (κ3) is 6.97. The summed E-state index contributed by atoms with van der Waals surface area (Å²) in [5.74, 6) is 1.48. The number of nitrogens with zero attached hydrogens (tertiary/aromatic N) is 1. The van der Waals surface area contributed by atoms with Crippen LogP contribution < -0.4 is 20.1 Å². The predicted molar refractivity (Wildman–Crippen MR) is 102 cm³/mol. The van der Waals surface area contributed by atoms with Gasteiger partial charge in [0.25, 0.3) is 0 Å². The second kappa shape index (κ2) is 10.8. The van der Waals surface area contributed by atoms with Crippen molar-refractivity contribution < 1.29 is 18.3 Å². The number of para-hydroxylation sites is 1. The standard InChI is InChI=1S/C20H23F2N3O2/c1-3-11-26-18-10-5-4-8-16(18)14-25-20(23-2)24-13-15-7-6-9-17(12-15)27-19(21)22/h3-10,12,19H,1,11,13-14H2,2H3,(H2,23,24,25). The molecular formula is C20H23F2N3O2. The Morgan fingerprint density at radius 1 is 1.15 bits per heavy atom. The molecule has 0 saturated carbocycles. The van der Waals surface area contributed by atoms with Crippen LogP contribution in [0.2, 0.25) is 0 Å². The molecule has 0 saturated heterocycles. The first-order chi connectivity index (χ1) is 13.1. The highest BCUT2D eigenvalue weighted by Gasteiger charge is 2.06. The van der Waals surface area contributed by atoms with Crippen molar-refractivity contribution in [3.8, 4) is 11.5 Å². The Kier molecular flexibility index (Phi) is 8.09. The zero-order valence-electron chi connectivity index (χ0n) is 15.1. The van der Waals surface area contributed by atoms with Gasteiger partial charge in [0, 0.05) is 25.7 Å². The van der Waals surface area contributed by atoms with Crippen LogP contribution >= 0.6 is 0 Å². The molecule has 5 nitrogen and oxygen atoms in total. The summed E-state index contributed by atoms with van der Waals surface area (Å²) in [5.41, 5.74) is 1.78. The van der Waals surface area contributed by atoms with Crippen molar-refractivity contribution in [1.82, 2.24) is 10.6 Å². The Balaban J connectivity index is 1.91. The number of benzene rings is 2. The molecule has 0 amide bonds. The summed E-state index contributed by atoms with van der Waals surface area (Å²) in [5, 5.41) is 6.34. The summed E-state index contributed by atoms with van der Waals surface area (Å²) in [6.07, 6.45) is 1.69. The number of hydrogen-bond acceptors (Lipinski definition) is 3. The van der Waals surface area contributed by atoms with Gasteiger partial charge in [-0.25, -0.2) is 0 Å². The molecule has 0 aromatic heterocycles. The van der Waals surface area contributed by atoms with Crippen molar-refractivity contribution in [2.24, 2.45) is 4.99 Å². The van der Waals surface area contributed by atoms with Crippen LogP contribution in [-0.4, -0.2) is 26.2 Å². The molecule has 0 bridgehead atoms. The summed E-state index contributed by atoms with van der Waals surface area (Å²) < 4.78 is 34.7. The molecule has 0 unspecified atom stereocenters. The van der Waals surface area contributed by atoms with Crippen LogP contribution in [0.25, 0.3) is 0 Å². The van der Waals surface area contributed by atoms with Crippen LogP contribution in [0.5, 0.6) is 11.5 Å². The fourth-order valence-electron chi connectivity index (χ4n) is 2.36. The molecule has 2 N–H and O–H groups in total. The van der Waals surface area contributed by atoms with E-state index in [1.165, 1.54) is 6.07 Å². The SMILES string of the molecule is C=CCOc1ccccc1CNC(=NC)NCc1cccc(OC(F)F)c1. The van der Waals surface area contributed by atoms with Gasteiger partial charge in [0.05, 0.1) is 0 Å². The lowest BCUT2D eigenvalue weighted by atomic mass is 10.2. The third-order valence-electron chi connectivity index (χ3n) is 3.58. The van der Waals surface area contributed by atoms with E-state index in [-0.39, 0.29) is 5.75 Å². The highest BCUT2D eigenvalue weighted by Crippen LogP contribution is 2.18. The number of ether oxygens (including phenoxy) is 2. The van der Waals surface area contributed by atoms with Gasteiger partial charge >= 0.3 is 6.61 Å². The van der Waals surface area contributed by atoms with Gasteiger partial charge in [-0.3, -0.25) is 4.99 Å². The Morgan fingerprint density at radius 2 is 1.93 bits per heavy atom. The Morgan fingerprint density at radius 3 is 2.67 bits per heavy atom. The first kappa shape index (κ1) is 20.2. The second-order valence-corrected chi connectivity index (χ2v) is 5.51. The van der Waals surface area contributed by atoms with E-state index in [9.17, 15) is 8.78 Å². The van der Waals surface area contributed by atoms with Crippen molar-refractivity contribution in [2.45, 2.75) is 19.7 Å². The smallest absolute Gasteiger partial charge is 0.387 e. The fraction of sp³-hybridized carbons (Fsp3) is 0.250. The van der Waals surface area contributed by atoms with Gasteiger partial charge in [0.15, 0.2) is 5.96 Å². The Labute approximate surface area is 157 Å². The van der Waals surface area contributed by atoms with E-state index in [1.807, 2.05) is 30.3 Å². The zero-order valence-corrected chi connectivity index (χ0v) is 15.1. The summed E-state index contributed by atoms with van der Waals surface area (Å²) in [7, 11) is 1.66. The molecule has 2 aromatic rings. The normalized spacial score (nSPS) is 11.2. The van der Waals surface area contributed by atoms with E-state index in [1.54, 1.807) is 25.3 Å². The first-order valence-electron chi connectivity index (χ1n) is 8.42. The molecule has 0 atom stereocenters. The highest BCUT2D eigenvalue weighted by molar-refractivity contribution is 5.79. The van der Waals surface area contributed by atoms with Gasteiger partial charge in [-0.05, 0) is 23.8 Å². The molecule has 0 heterocycles. The molecule has 0 aliphatic rings. The molecule has 0 aliphatic carbocycles. The highest BCUT2D eigenvalue weighted by atomic mass is 19.3. The molecule has 0 radical (unpaired) electrons. The largest absolute Gasteiger partial charge is 0.489 e. The minimum Gasteiger partial charge on any atom is -0.489 e. The van der Waals surface area contributed by atoms with Crippen LogP contribution in [0.4, 0.5) is 8.78 Å². The molecule has 0 aliphatic heterocycles. The summed E-state index contributed by atoms with van der Waals surface area (Å²) in [4.78, 5) is 4.17. The number of rotatable bonds is 9. The van der Waals surface area contributed by atoms with Crippen molar-refractivity contribution in [3.05, 3.63) is 72.3 Å². The average Bonchev–Trinajstić information content (AvgIpc) is 2.67. The van der Waals surface area contributed by atoms with Crippen molar-refractivity contribution in [3.63, 3.8) is 0 Å². The molecule has 2 aromatic carbocycles. The lowest BCUT2D eigenvalue weighted by molar-refractivity contribution is -0.0498. The molecule has 0 fully saturated rings. The van der Waals surface area contributed by atoms with E-state index >= 15 is 0 Å². The summed E-state index contributed by atoms with van der Waals surface area (Å²) >= 11 is 0. The molecular weight excluding hydrogens is 352 g/mol. The molecule has 0 spiro atoms. The van der Waals surface area contributed by atoms with Crippen LogP contribution in [0, 0.1) is 0 Å². The van der Waals surface area contributed by atoms with Crippen molar-refractivity contribution >= 4 is 5.96 Å². The maximum atomic E-state index is 12.3. The third-order valence-corrected chi connectivity index (χ3v) is 3.58. The van der Waals surface area contributed by atoms with Crippen molar-refractivity contribution in [2.75, 3.05) is 13.7 Å². The number of aliphatic imine (C=N–C) groups is 1. The van der Waals surface area contributed by atoms with Crippen LogP contribution in [-0.2, 0) is 13.1 Å². The van der Waals surface area contributed by atoms with Gasteiger partial charge in [0.1, 0.15) is 18.1 Å². The van der Waals surface area contributed by atoms with Gasteiger partial charge < -0.3 is 20.1 Å². The molecule has 27 heavy (non-hydrogen) atoms. The Bertz CT molecular complexity index is 766. The molecule has 7 heteroatoms. The molecule has 2 rings (SSSR count). The van der Waals surface area contributed by atoms with Gasteiger partial charge in [-0.15, -0.1) is 0 Å². The Hall–Kier alpha value is -3.09.